The van der Waals surface area contributed by atoms with Crippen LogP contribution in [0.15, 0.2) is 18.2 Å². The summed E-state index contributed by atoms with van der Waals surface area (Å²) in [5.74, 6) is -0.446. The summed E-state index contributed by atoms with van der Waals surface area (Å²) >= 11 is 11.7. The quantitative estimate of drug-likeness (QED) is 0.878. The summed E-state index contributed by atoms with van der Waals surface area (Å²) in [6.45, 7) is 3.11. The predicted molar refractivity (Wildman–Crippen MR) is 64.6 cm³/mol. The van der Waals surface area contributed by atoms with Crippen molar-refractivity contribution in [2.24, 2.45) is 0 Å². The van der Waals surface area contributed by atoms with Gasteiger partial charge in [0.25, 0.3) is 5.91 Å². The minimum absolute atomic E-state index is 0.263. The molecule has 5 heteroatoms. The summed E-state index contributed by atoms with van der Waals surface area (Å²) in [4.78, 5) is 11.4. The van der Waals surface area contributed by atoms with E-state index < -0.39 is 11.5 Å². The van der Waals surface area contributed by atoms with E-state index in [-0.39, 0.29) is 6.54 Å². The average Bonchev–Trinajstić information content (AvgIpc) is 2.14. The van der Waals surface area contributed by atoms with E-state index in [0.29, 0.717) is 10.0 Å². The number of benzene rings is 1. The molecule has 0 saturated heterocycles. The molecule has 1 aromatic carbocycles. The van der Waals surface area contributed by atoms with Crippen molar-refractivity contribution >= 4 is 29.1 Å². The van der Waals surface area contributed by atoms with E-state index in [1.54, 1.807) is 18.2 Å². The fraction of sp³-hybridized carbons (Fsp3) is 0.364. The van der Waals surface area contributed by atoms with E-state index in [1.807, 2.05) is 0 Å². The standard InChI is InChI=1S/C11H13Cl2NO2/c1-11(2,16)10(15)14-6-7-3-4-8(12)5-9(7)13/h3-5,16H,6H2,1-2H3,(H,14,15). The third-order valence-electron chi connectivity index (χ3n) is 2.01. The van der Waals surface area contributed by atoms with Gasteiger partial charge in [-0.25, -0.2) is 0 Å². The van der Waals surface area contributed by atoms with E-state index in [2.05, 4.69) is 5.32 Å². The predicted octanol–water partition coefficient (Wildman–Crippen LogP) is 2.38. The molecule has 3 nitrogen and oxygen atoms in total. The van der Waals surface area contributed by atoms with Gasteiger partial charge in [-0.05, 0) is 31.5 Å². The normalized spacial score (nSPS) is 11.3. The molecular formula is C11H13Cl2NO2. The molecule has 0 heterocycles. The lowest BCUT2D eigenvalue weighted by Gasteiger charge is -2.16. The molecule has 0 spiro atoms. The second-order valence-electron chi connectivity index (χ2n) is 3.98. The van der Waals surface area contributed by atoms with Gasteiger partial charge in [0.2, 0.25) is 0 Å². The molecule has 0 aliphatic heterocycles. The van der Waals surface area contributed by atoms with Crippen LogP contribution in [0, 0.1) is 0 Å². The lowest BCUT2D eigenvalue weighted by Crippen LogP contribution is -2.41. The summed E-state index contributed by atoms with van der Waals surface area (Å²) in [6, 6.07) is 5.03. The molecule has 16 heavy (non-hydrogen) atoms. The molecule has 1 aromatic rings. The highest BCUT2D eigenvalue weighted by Crippen LogP contribution is 2.20. The van der Waals surface area contributed by atoms with Crippen molar-refractivity contribution in [3.05, 3.63) is 33.8 Å². The van der Waals surface area contributed by atoms with Crippen LogP contribution >= 0.6 is 23.2 Å². The maximum atomic E-state index is 11.4. The Labute approximate surface area is 104 Å². The van der Waals surface area contributed by atoms with Crippen LogP contribution in [0.5, 0.6) is 0 Å². The number of hydrogen-bond donors (Lipinski definition) is 2. The molecule has 1 amide bonds. The van der Waals surface area contributed by atoms with Gasteiger partial charge in [0.15, 0.2) is 0 Å². The molecule has 0 atom stereocenters. The molecule has 1 rings (SSSR count). The first kappa shape index (κ1) is 13.3. The fourth-order valence-corrected chi connectivity index (χ4v) is 1.53. The smallest absolute Gasteiger partial charge is 0.251 e. The lowest BCUT2D eigenvalue weighted by molar-refractivity contribution is -0.136. The Morgan fingerprint density at radius 1 is 1.44 bits per heavy atom. The van der Waals surface area contributed by atoms with Crippen molar-refractivity contribution in [1.82, 2.24) is 5.32 Å². The van der Waals surface area contributed by atoms with E-state index in [9.17, 15) is 9.90 Å². The van der Waals surface area contributed by atoms with E-state index in [0.717, 1.165) is 5.56 Å². The second-order valence-corrected chi connectivity index (χ2v) is 4.82. The van der Waals surface area contributed by atoms with Gasteiger partial charge in [0, 0.05) is 16.6 Å². The van der Waals surface area contributed by atoms with Gasteiger partial charge in [-0.2, -0.15) is 0 Å². The zero-order valence-corrected chi connectivity index (χ0v) is 10.6. The Hall–Kier alpha value is -0.770. The third-order valence-corrected chi connectivity index (χ3v) is 2.60. The molecule has 88 valence electrons. The van der Waals surface area contributed by atoms with Crippen molar-refractivity contribution in [1.29, 1.82) is 0 Å². The molecule has 0 radical (unpaired) electrons. The largest absolute Gasteiger partial charge is 0.381 e. The Morgan fingerprint density at radius 3 is 2.56 bits per heavy atom. The number of halogens is 2. The summed E-state index contributed by atoms with van der Waals surface area (Å²) in [5.41, 5.74) is -0.637. The van der Waals surface area contributed by atoms with E-state index in [4.69, 9.17) is 23.2 Å². The van der Waals surface area contributed by atoms with Gasteiger partial charge in [0.05, 0.1) is 0 Å². The van der Waals surface area contributed by atoms with Gasteiger partial charge in [-0.1, -0.05) is 29.3 Å². The molecule has 0 bridgehead atoms. The van der Waals surface area contributed by atoms with Crippen LogP contribution in [0.25, 0.3) is 0 Å². The van der Waals surface area contributed by atoms with Crippen molar-refractivity contribution in [2.75, 3.05) is 0 Å². The van der Waals surface area contributed by atoms with Gasteiger partial charge in [-0.15, -0.1) is 0 Å². The molecule has 0 unspecified atom stereocenters. The number of aliphatic hydroxyl groups is 1. The minimum atomic E-state index is -1.39. The Bertz CT molecular complexity index is 399. The lowest BCUT2D eigenvalue weighted by atomic mass is 10.1. The van der Waals surface area contributed by atoms with Crippen LogP contribution < -0.4 is 5.32 Å². The van der Waals surface area contributed by atoms with Gasteiger partial charge >= 0.3 is 0 Å². The van der Waals surface area contributed by atoms with Crippen LogP contribution in [0.4, 0.5) is 0 Å². The van der Waals surface area contributed by atoms with Crippen LogP contribution in [-0.2, 0) is 11.3 Å². The molecule has 2 N–H and O–H groups in total. The van der Waals surface area contributed by atoms with Crippen molar-refractivity contribution in [3.8, 4) is 0 Å². The Morgan fingerprint density at radius 2 is 2.06 bits per heavy atom. The first-order chi connectivity index (χ1) is 7.30. The van der Waals surface area contributed by atoms with Crippen LogP contribution in [0.3, 0.4) is 0 Å². The highest BCUT2D eigenvalue weighted by molar-refractivity contribution is 6.35. The number of nitrogens with one attached hydrogen (secondary N) is 1. The zero-order valence-electron chi connectivity index (χ0n) is 9.05. The number of rotatable bonds is 3. The first-order valence-corrected chi connectivity index (χ1v) is 5.51. The third kappa shape index (κ3) is 3.67. The molecule has 0 aliphatic carbocycles. The number of carbonyl (C=O) groups is 1. The monoisotopic (exact) mass is 261 g/mol. The van der Waals surface area contributed by atoms with Crippen LogP contribution in [-0.4, -0.2) is 16.6 Å². The van der Waals surface area contributed by atoms with Crippen molar-refractivity contribution < 1.29 is 9.90 Å². The highest BCUT2D eigenvalue weighted by atomic mass is 35.5. The van der Waals surface area contributed by atoms with Crippen molar-refractivity contribution in [3.63, 3.8) is 0 Å². The van der Waals surface area contributed by atoms with Crippen molar-refractivity contribution in [2.45, 2.75) is 26.0 Å². The summed E-state index contributed by atoms with van der Waals surface area (Å²) < 4.78 is 0. The maximum absolute atomic E-state index is 11.4. The number of hydrogen-bond acceptors (Lipinski definition) is 2. The topological polar surface area (TPSA) is 49.3 Å². The van der Waals surface area contributed by atoms with Gasteiger partial charge < -0.3 is 10.4 Å². The molecule has 0 fully saturated rings. The Balaban J connectivity index is 2.65. The van der Waals surface area contributed by atoms with Gasteiger partial charge in [-0.3, -0.25) is 4.79 Å². The highest BCUT2D eigenvalue weighted by Gasteiger charge is 2.23. The zero-order chi connectivity index (χ0) is 12.3. The van der Waals surface area contributed by atoms with Crippen LogP contribution in [0.1, 0.15) is 19.4 Å². The summed E-state index contributed by atoms with van der Waals surface area (Å²) in [5, 5.41) is 13.0. The average molecular weight is 262 g/mol. The number of carbonyl (C=O) groups excluding carboxylic acids is 1. The second kappa shape index (κ2) is 5.04. The van der Waals surface area contributed by atoms with E-state index in [1.165, 1.54) is 13.8 Å². The summed E-state index contributed by atoms with van der Waals surface area (Å²) in [7, 11) is 0. The minimum Gasteiger partial charge on any atom is -0.381 e. The SMILES string of the molecule is CC(C)(O)C(=O)NCc1ccc(Cl)cc1Cl. The molecule has 0 saturated carbocycles. The Kier molecular flexibility index (Phi) is 4.19. The first-order valence-electron chi connectivity index (χ1n) is 4.75. The number of amides is 1. The van der Waals surface area contributed by atoms with Gasteiger partial charge in [0.1, 0.15) is 5.60 Å². The molecule has 0 aromatic heterocycles. The summed E-state index contributed by atoms with van der Waals surface area (Å²) in [6.07, 6.45) is 0. The fourth-order valence-electron chi connectivity index (χ4n) is 1.06. The van der Waals surface area contributed by atoms with Crippen LogP contribution in [0.2, 0.25) is 10.0 Å². The maximum Gasteiger partial charge on any atom is 0.251 e. The van der Waals surface area contributed by atoms with E-state index >= 15 is 0 Å². The molecule has 0 aliphatic rings. The molecular weight excluding hydrogens is 249 g/mol.